The Balaban J connectivity index is 1.98. The summed E-state index contributed by atoms with van der Waals surface area (Å²) in [5.74, 6) is -0.228. The van der Waals surface area contributed by atoms with Gasteiger partial charge in [0.2, 0.25) is 11.8 Å². The highest BCUT2D eigenvalue weighted by molar-refractivity contribution is 5.94. The van der Waals surface area contributed by atoms with Crippen LogP contribution in [0.2, 0.25) is 0 Å². The summed E-state index contributed by atoms with van der Waals surface area (Å²) in [5.41, 5.74) is 2.29. The highest BCUT2D eigenvalue weighted by Crippen LogP contribution is 2.15. The first-order valence-corrected chi connectivity index (χ1v) is 6.31. The molecule has 0 aliphatic carbocycles. The van der Waals surface area contributed by atoms with Gasteiger partial charge >= 0.3 is 0 Å². The van der Waals surface area contributed by atoms with Gasteiger partial charge < -0.3 is 15.2 Å². The van der Waals surface area contributed by atoms with Crippen LogP contribution < -0.4 is 10.6 Å². The average Bonchev–Trinajstić information content (AvgIpc) is 2.74. The number of carbonyl (C=O) groups excluding carboxylic acids is 2. The zero-order chi connectivity index (χ0) is 14.5. The van der Waals surface area contributed by atoms with Crippen molar-refractivity contribution >= 4 is 23.2 Å². The van der Waals surface area contributed by atoms with E-state index in [4.69, 9.17) is 0 Å². The SMILES string of the molecule is CC(=O)Nc1cccc(NC(=O)Cc2ccn(C)c2)c1. The molecule has 2 rings (SSSR count). The van der Waals surface area contributed by atoms with Crippen LogP contribution >= 0.6 is 0 Å². The fraction of sp³-hybridized carbons (Fsp3) is 0.200. The highest BCUT2D eigenvalue weighted by Gasteiger charge is 2.06. The van der Waals surface area contributed by atoms with Gasteiger partial charge in [-0.05, 0) is 29.8 Å². The lowest BCUT2D eigenvalue weighted by molar-refractivity contribution is -0.115. The number of nitrogens with one attached hydrogen (secondary N) is 2. The van der Waals surface area contributed by atoms with Gasteiger partial charge in [-0.25, -0.2) is 0 Å². The summed E-state index contributed by atoms with van der Waals surface area (Å²) in [5, 5.41) is 5.49. The van der Waals surface area contributed by atoms with Gasteiger partial charge in [-0.3, -0.25) is 9.59 Å². The smallest absolute Gasteiger partial charge is 0.228 e. The van der Waals surface area contributed by atoms with Crippen LogP contribution in [0.25, 0.3) is 0 Å². The van der Waals surface area contributed by atoms with Crippen molar-refractivity contribution in [1.82, 2.24) is 4.57 Å². The van der Waals surface area contributed by atoms with Crippen molar-refractivity contribution in [3.05, 3.63) is 48.3 Å². The molecule has 2 aromatic rings. The third-order valence-electron chi connectivity index (χ3n) is 2.72. The number of benzene rings is 1. The fourth-order valence-corrected chi connectivity index (χ4v) is 1.93. The van der Waals surface area contributed by atoms with Crippen LogP contribution in [0.5, 0.6) is 0 Å². The Hall–Kier alpha value is -2.56. The van der Waals surface area contributed by atoms with E-state index >= 15 is 0 Å². The van der Waals surface area contributed by atoms with Gasteiger partial charge in [0.1, 0.15) is 0 Å². The summed E-state index contributed by atoms with van der Waals surface area (Å²) in [4.78, 5) is 22.9. The lowest BCUT2D eigenvalue weighted by Crippen LogP contribution is -2.14. The molecule has 20 heavy (non-hydrogen) atoms. The van der Waals surface area contributed by atoms with Crippen molar-refractivity contribution < 1.29 is 9.59 Å². The second kappa shape index (κ2) is 6.06. The first-order chi connectivity index (χ1) is 9.52. The zero-order valence-corrected chi connectivity index (χ0v) is 11.5. The van der Waals surface area contributed by atoms with E-state index in [9.17, 15) is 9.59 Å². The second-order valence-corrected chi connectivity index (χ2v) is 4.67. The molecule has 104 valence electrons. The number of aromatic nitrogens is 1. The van der Waals surface area contributed by atoms with E-state index in [0.29, 0.717) is 17.8 Å². The van der Waals surface area contributed by atoms with Crippen LogP contribution in [-0.4, -0.2) is 16.4 Å². The van der Waals surface area contributed by atoms with E-state index in [1.807, 2.05) is 30.1 Å². The molecule has 0 spiro atoms. The summed E-state index contributed by atoms with van der Waals surface area (Å²) in [6.45, 7) is 1.45. The van der Waals surface area contributed by atoms with Crippen molar-refractivity contribution in [1.29, 1.82) is 0 Å². The predicted molar refractivity (Wildman–Crippen MR) is 78.5 cm³/mol. The summed E-state index contributed by atoms with van der Waals surface area (Å²) >= 11 is 0. The zero-order valence-electron chi connectivity index (χ0n) is 11.5. The molecule has 0 atom stereocenters. The van der Waals surface area contributed by atoms with Gasteiger partial charge in [-0.15, -0.1) is 0 Å². The van der Waals surface area contributed by atoms with E-state index in [-0.39, 0.29) is 11.8 Å². The molecule has 0 saturated carbocycles. The molecule has 0 fully saturated rings. The van der Waals surface area contributed by atoms with E-state index in [0.717, 1.165) is 5.56 Å². The average molecular weight is 271 g/mol. The number of hydrogen-bond acceptors (Lipinski definition) is 2. The number of amides is 2. The number of hydrogen-bond donors (Lipinski definition) is 2. The molecule has 2 N–H and O–H groups in total. The molecule has 1 heterocycles. The molecule has 1 aromatic carbocycles. The number of aryl methyl sites for hydroxylation is 1. The third kappa shape index (κ3) is 3.98. The Morgan fingerprint density at radius 3 is 2.45 bits per heavy atom. The largest absolute Gasteiger partial charge is 0.357 e. The van der Waals surface area contributed by atoms with Crippen molar-refractivity contribution in [2.75, 3.05) is 10.6 Å². The van der Waals surface area contributed by atoms with Crippen molar-refractivity contribution in [3.8, 4) is 0 Å². The molecule has 5 nitrogen and oxygen atoms in total. The van der Waals surface area contributed by atoms with Gasteiger partial charge in [-0.1, -0.05) is 6.07 Å². The van der Waals surface area contributed by atoms with E-state index in [2.05, 4.69) is 10.6 Å². The first-order valence-electron chi connectivity index (χ1n) is 6.31. The maximum atomic E-state index is 11.9. The molecule has 2 amide bonds. The maximum absolute atomic E-state index is 11.9. The summed E-state index contributed by atoms with van der Waals surface area (Å²) in [6, 6.07) is 8.98. The topological polar surface area (TPSA) is 63.1 Å². The van der Waals surface area contributed by atoms with Gasteiger partial charge in [0.15, 0.2) is 0 Å². The Morgan fingerprint density at radius 1 is 1.15 bits per heavy atom. The fourth-order valence-electron chi connectivity index (χ4n) is 1.93. The summed E-state index contributed by atoms with van der Waals surface area (Å²) < 4.78 is 1.90. The van der Waals surface area contributed by atoms with E-state index in [1.165, 1.54) is 6.92 Å². The second-order valence-electron chi connectivity index (χ2n) is 4.67. The van der Waals surface area contributed by atoms with Crippen LogP contribution in [0.4, 0.5) is 11.4 Å². The molecule has 0 saturated heterocycles. The normalized spacial score (nSPS) is 10.1. The monoisotopic (exact) mass is 271 g/mol. The first kappa shape index (κ1) is 13.9. The van der Waals surface area contributed by atoms with Gasteiger partial charge in [-0.2, -0.15) is 0 Å². The molecule has 0 aliphatic rings. The molecular weight excluding hydrogens is 254 g/mol. The Labute approximate surface area is 117 Å². The molecule has 0 radical (unpaired) electrons. The van der Waals surface area contributed by atoms with Crippen LogP contribution in [0.3, 0.4) is 0 Å². The Bertz CT molecular complexity index is 632. The van der Waals surface area contributed by atoms with Crippen molar-refractivity contribution in [3.63, 3.8) is 0 Å². The standard InChI is InChI=1S/C15H17N3O2/c1-11(19)16-13-4-3-5-14(9-13)17-15(20)8-12-6-7-18(2)10-12/h3-7,9-10H,8H2,1-2H3,(H,16,19)(H,17,20). The van der Waals surface area contributed by atoms with Crippen LogP contribution in [-0.2, 0) is 23.1 Å². The molecule has 0 unspecified atom stereocenters. The van der Waals surface area contributed by atoms with E-state index in [1.54, 1.807) is 24.3 Å². The van der Waals surface area contributed by atoms with Crippen LogP contribution in [0, 0.1) is 0 Å². The number of anilines is 2. The number of carbonyl (C=O) groups is 2. The van der Waals surface area contributed by atoms with E-state index < -0.39 is 0 Å². The third-order valence-corrected chi connectivity index (χ3v) is 2.72. The lowest BCUT2D eigenvalue weighted by Gasteiger charge is -2.07. The summed E-state index contributed by atoms with van der Waals surface area (Å²) in [7, 11) is 1.91. The van der Waals surface area contributed by atoms with Crippen LogP contribution in [0.1, 0.15) is 12.5 Å². The van der Waals surface area contributed by atoms with Gasteiger partial charge in [0.25, 0.3) is 0 Å². The quantitative estimate of drug-likeness (QED) is 0.895. The van der Waals surface area contributed by atoms with Gasteiger partial charge in [0.05, 0.1) is 6.42 Å². The predicted octanol–water partition coefficient (Wildman–Crippen LogP) is 2.16. The molecule has 5 heteroatoms. The molecule has 1 aromatic heterocycles. The van der Waals surface area contributed by atoms with Crippen LogP contribution in [0.15, 0.2) is 42.7 Å². The maximum Gasteiger partial charge on any atom is 0.228 e. The van der Waals surface area contributed by atoms with Gasteiger partial charge in [0, 0.05) is 37.7 Å². The molecular formula is C15H17N3O2. The number of nitrogens with zero attached hydrogens (tertiary/aromatic N) is 1. The summed E-state index contributed by atoms with van der Waals surface area (Å²) in [6.07, 6.45) is 4.14. The van der Waals surface area contributed by atoms with Crippen molar-refractivity contribution in [2.45, 2.75) is 13.3 Å². The Kier molecular flexibility index (Phi) is 4.20. The Morgan fingerprint density at radius 2 is 1.85 bits per heavy atom. The number of rotatable bonds is 4. The lowest BCUT2D eigenvalue weighted by atomic mass is 10.2. The molecule has 0 aliphatic heterocycles. The minimum Gasteiger partial charge on any atom is -0.357 e. The highest BCUT2D eigenvalue weighted by atomic mass is 16.2. The van der Waals surface area contributed by atoms with Crippen molar-refractivity contribution in [2.24, 2.45) is 7.05 Å². The minimum absolute atomic E-state index is 0.0869. The molecule has 0 bridgehead atoms. The minimum atomic E-state index is -0.141.